The SMILES string of the molecule is COc1ccc(C2(C(=O)C(CCc3ccccc3)NCN(C(=O)c3n[nH]nc3C)S(=O)(=O)N(C)C)CCC2)cc1. The average molecular weight is 569 g/mol. The van der Waals surface area contributed by atoms with E-state index in [9.17, 15) is 18.0 Å². The summed E-state index contributed by atoms with van der Waals surface area (Å²) >= 11 is 0. The van der Waals surface area contributed by atoms with Crippen LogP contribution in [0.25, 0.3) is 0 Å². The topological polar surface area (TPSA) is 138 Å². The number of aromatic amines is 1. The first-order chi connectivity index (χ1) is 19.1. The smallest absolute Gasteiger partial charge is 0.307 e. The molecule has 4 rings (SSSR count). The van der Waals surface area contributed by atoms with Crippen molar-refractivity contribution >= 4 is 21.9 Å². The Bertz CT molecular complexity index is 1420. The summed E-state index contributed by atoms with van der Waals surface area (Å²) in [5, 5.41) is 13.2. The maximum absolute atomic E-state index is 14.3. The number of hydrogen-bond donors (Lipinski definition) is 2. The maximum Gasteiger partial charge on any atom is 0.307 e. The van der Waals surface area contributed by atoms with Crippen LogP contribution in [0.3, 0.4) is 0 Å². The summed E-state index contributed by atoms with van der Waals surface area (Å²) < 4.78 is 33.4. The second-order valence-electron chi connectivity index (χ2n) is 10.2. The summed E-state index contributed by atoms with van der Waals surface area (Å²) in [5.41, 5.74) is 1.43. The molecule has 3 aromatic rings. The number of rotatable bonds is 13. The number of carbonyl (C=O) groups is 2. The molecular formula is C28H36N6O5S. The number of hydrogen-bond acceptors (Lipinski definition) is 8. The molecule has 1 aliphatic carbocycles. The van der Waals surface area contributed by atoms with Crippen LogP contribution in [0.2, 0.25) is 0 Å². The van der Waals surface area contributed by atoms with Crippen LogP contribution in [0.5, 0.6) is 5.75 Å². The molecule has 0 saturated heterocycles. The molecule has 2 aromatic carbocycles. The van der Waals surface area contributed by atoms with E-state index in [1.165, 1.54) is 14.1 Å². The predicted molar refractivity (Wildman–Crippen MR) is 150 cm³/mol. The quantitative estimate of drug-likeness (QED) is 0.300. The van der Waals surface area contributed by atoms with Crippen LogP contribution in [-0.4, -0.2) is 78.0 Å². The molecule has 12 heteroatoms. The number of H-pyrrole nitrogens is 1. The normalized spacial score (nSPS) is 15.3. The van der Waals surface area contributed by atoms with Crippen LogP contribution in [0.4, 0.5) is 0 Å². The molecule has 1 atom stereocenters. The molecule has 1 heterocycles. The summed E-state index contributed by atoms with van der Waals surface area (Å²) in [7, 11) is 0.0740. The minimum Gasteiger partial charge on any atom is -0.497 e. The van der Waals surface area contributed by atoms with E-state index >= 15 is 0 Å². The lowest BCUT2D eigenvalue weighted by atomic mass is 9.60. The Kier molecular flexibility index (Phi) is 9.02. The number of Topliss-reactive ketones (excluding diaryl/α,β-unsaturated/α-hetero) is 1. The molecule has 1 aliphatic rings. The summed E-state index contributed by atoms with van der Waals surface area (Å²) in [6, 6.07) is 16.6. The van der Waals surface area contributed by atoms with E-state index in [-0.39, 0.29) is 17.2 Å². The van der Waals surface area contributed by atoms with E-state index < -0.39 is 34.2 Å². The summed E-state index contributed by atoms with van der Waals surface area (Å²) in [6.45, 7) is 1.15. The maximum atomic E-state index is 14.3. The van der Waals surface area contributed by atoms with Crippen LogP contribution in [0, 0.1) is 6.92 Å². The van der Waals surface area contributed by atoms with Crippen molar-refractivity contribution in [3.05, 3.63) is 77.1 Å². The zero-order chi connectivity index (χ0) is 28.9. The van der Waals surface area contributed by atoms with Gasteiger partial charge in [-0.3, -0.25) is 14.9 Å². The number of nitrogens with zero attached hydrogens (tertiary/aromatic N) is 4. The van der Waals surface area contributed by atoms with E-state index in [0.29, 0.717) is 35.7 Å². The molecule has 1 saturated carbocycles. The third-order valence-corrected chi connectivity index (χ3v) is 9.35. The third-order valence-electron chi connectivity index (χ3n) is 7.57. The number of amides is 1. The average Bonchev–Trinajstić information content (AvgIpc) is 3.36. The molecule has 2 N–H and O–H groups in total. The Labute approximate surface area is 235 Å². The van der Waals surface area contributed by atoms with Crippen molar-refractivity contribution in [3.8, 4) is 5.75 Å². The van der Waals surface area contributed by atoms with Crippen LogP contribution < -0.4 is 10.1 Å². The van der Waals surface area contributed by atoms with E-state index in [2.05, 4.69) is 20.7 Å². The van der Waals surface area contributed by atoms with Crippen molar-refractivity contribution in [2.75, 3.05) is 27.9 Å². The summed E-state index contributed by atoms with van der Waals surface area (Å²) in [5.74, 6) is -0.155. The second kappa shape index (κ2) is 12.3. The predicted octanol–water partition coefficient (Wildman–Crippen LogP) is 2.61. The minimum absolute atomic E-state index is 0.0212. The number of carbonyl (C=O) groups excluding carboxylic acids is 2. The molecule has 1 aromatic heterocycles. The fourth-order valence-electron chi connectivity index (χ4n) is 4.99. The first-order valence-corrected chi connectivity index (χ1v) is 14.6. The first-order valence-electron chi connectivity index (χ1n) is 13.2. The lowest BCUT2D eigenvalue weighted by Gasteiger charge is -2.43. The van der Waals surface area contributed by atoms with Gasteiger partial charge in [0, 0.05) is 14.1 Å². The van der Waals surface area contributed by atoms with E-state index in [1.807, 2.05) is 54.6 Å². The van der Waals surface area contributed by atoms with Gasteiger partial charge in [0.2, 0.25) is 0 Å². The van der Waals surface area contributed by atoms with Crippen molar-refractivity contribution in [2.45, 2.75) is 50.5 Å². The van der Waals surface area contributed by atoms with Gasteiger partial charge in [-0.05, 0) is 55.9 Å². The highest BCUT2D eigenvalue weighted by atomic mass is 32.2. The van der Waals surface area contributed by atoms with Crippen LogP contribution in [0.15, 0.2) is 54.6 Å². The molecule has 0 spiro atoms. The van der Waals surface area contributed by atoms with Crippen molar-refractivity contribution in [2.24, 2.45) is 0 Å². The van der Waals surface area contributed by atoms with Crippen LogP contribution in [-0.2, 0) is 26.8 Å². The van der Waals surface area contributed by atoms with Crippen molar-refractivity contribution in [1.82, 2.24) is 29.3 Å². The third kappa shape index (κ3) is 5.93. The monoisotopic (exact) mass is 568 g/mol. The van der Waals surface area contributed by atoms with Gasteiger partial charge in [0.15, 0.2) is 11.5 Å². The zero-order valence-corrected chi connectivity index (χ0v) is 24.1. The van der Waals surface area contributed by atoms with E-state index in [1.54, 1.807) is 14.0 Å². The van der Waals surface area contributed by atoms with Gasteiger partial charge in [0.1, 0.15) is 5.75 Å². The Morgan fingerprint density at radius 1 is 1.07 bits per heavy atom. The fraction of sp³-hybridized carbons (Fsp3) is 0.429. The summed E-state index contributed by atoms with van der Waals surface area (Å²) in [6.07, 6.45) is 3.32. The lowest BCUT2D eigenvalue weighted by Crippen LogP contribution is -2.56. The van der Waals surface area contributed by atoms with Gasteiger partial charge in [-0.15, -0.1) is 0 Å². The summed E-state index contributed by atoms with van der Waals surface area (Å²) in [4.78, 5) is 27.6. The number of ether oxygens (including phenoxy) is 1. The van der Waals surface area contributed by atoms with Crippen LogP contribution >= 0.6 is 0 Å². The number of ketones is 1. The molecule has 0 aliphatic heterocycles. The fourth-order valence-corrected chi connectivity index (χ4v) is 5.91. The minimum atomic E-state index is -4.21. The lowest BCUT2D eigenvalue weighted by molar-refractivity contribution is -0.130. The standard InChI is InChI=1S/C28H36N6O5S/c1-20-25(31-32-30-20)27(36)34(40(37,38)33(2)3)19-29-24(16-11-21-9-6-5-7-10-21)26(35)28(17-8-18-28)22-12-14-23(39-4)15-13-22/h5-7,9-10,12-15,24,29H,8,11,16-19H2,1-4H3,(H,30,31,32). The van der Waals surface area contributed by atoms with E-state index in [0.717, 1.165) is 21.9 Å². The number of aromatic nitrogens is 3. The number of aryl methyl sites for hydroxylation is 2. The number of benzene rings is 2. The van der Waals surface area contributed by atoms with E-state index in [4.69, 9.17) is 4.74 Å². The Hall–Kier alpha value is -3.61. The van der Waals surface area contributed by atoms with Gasteiger partial charge in [-0.1, -0.05) is 48.9 Å². The van der Waals surface area contributed by atoms with Gasteiger partial charge in [-0.25, -0.2) is 4.31 Å². The van der Waals surface area contributed by atoms with Crippen molar-refractivity contribution in [3.63, 3.8) is 0 Å². The van der Waals surface area contributed by atoms with Gasteiger partial charge < -0.3 is 4.74 Å². The molecule has 214 valence electrons. The van der Waals surface area contributed by atoms with Crippen molar-refractivity contribution in [1.29, 1.82) is 0 Å². The van der Waals surface area contributed by atoms with Crippen molar-refractivity contribution < 1.29 is 22.7 Å². The molecule has 0 bridgehead atoms. The van der Waals surface area contributed by atoms with Crippen LogP contribution in [0.1, 0.15) is 53.0 Å². The highest BCUT2D eigenvalue weighted by Gasteiger charge is 2.48. The number of nitrogens with one attached hydrogen (secondary N) is 2. The largest absolute Gasteiger partial charge is 0.497 e. The first kappa shape index (κ1) is 29.4. The zero-order valence-electron chi connectivity index (χ0n) is 23.3. The highest BCUT2D eigenvalue weighted by molar-refractivity contribution is 7.87. The molecule has 1 fully saturated rings. The molecule has 1 unspecified atom stereocenters. The Morgan fingerprint density at radius 2 is 1.75 bits per heavy atom. The molecule has 1 amide bonds. The van der Waals surface area contributed by atoms with Gasteiger partial charge in [0.25, 0.3) is 5.91 Å². The van der Waals surface area contributed by atoms with Gasteiger partial charge >= 0.3 is 10.2 Å². The Balaban J connectivity index is 1.64. The van der Waals surface area contributed by atoms with Gasteiger partial charge in [0.05, 0.1) is 30.9 Å². The Morgan fingerprint density at radius 3 is 2.27 bits per heavy atom. The molecular weight excluding hydrogens is 532 g/mol. The molecule has 0 radical (unpaired) electrons. The number of methoxy groups -OCH3 is 1. The second-order valence-corrected chi connectivity index (χ2v) is 12.2. The molecule has 11 nitrogen and oxygen atoms in total. The van der Waals surface area contributed by atoms with Gasteiger partial charge in [-0.2, -0.15) is 28.1 Å². The highest BCUT2D eigenvalue weighted by Crippen LogP contribution is 2.46. The molecule has 40 heavy (non-hydrogen) atoms.